The van der Waals surface area contributed by atoms with Crippen molar-refractivity contribution in [3.8, 4) is 0 Å². The number of carbonyl (C=O) groups excluding carboxylic acids is 1. The molecule has 35 heavy (non-hydrogen) atoms. The Kier molecular flexibility index (Phi) is 7.25. The second kappa shape index (κ2) is 10.2. The van der Waals surface area contributed by atoms with Crippen LogP contribution in [0.25, 0.3) is 11.2 Å². The largest absolute Gasteiger partial charge is 0.368 e. The van der Waals surface area contributed by atoms with Crippen LogP contribution in [0.3, 0.4) is 0 Å². The number of nitrogens with zero attached hydrogens (tertiary/aromatic N) is 5. The van der Waals surface area contributed by atoms with E-state index in [0.717, 1.165) is 48.5 Å². The Morgan fingerprint density at radius 3 is 2.63 bits per heavy atom. The molecule has 0 atom stereocenters. The van der Waals surface area contributed by atoms with Gasteiger partial charge in [0.25, 0.3) is 0 Å². The normalized spacial score (nSPS) is 15.0. The number of piperidine rings is 1. The monoisotopic (exact) mass is 479 g/mol. The standard InChI is InChI=1S/C26H37N7O2/c1-7-27-21(34)15-35-19-10-12-33(13-11-19)25-30-23-22(32(6)16-28-23)24(31-25)29-20-14-18(26(3,4)5)9-8-17(20)2/h8-9,14,16,19H,7,10-13,15H2,1-6H3,(H,27,34)(H,29,30,31). The van der Waals surface area contributed by atoms with Crippen LogP contribution in [0, 0.1) is 6.92 Å². The average Bonchev–Trinajstić information content (AvgIpc) is 3.20. The molecule has 0 bridgehead atoms. The molecule has 1 amide bonds. The molecule has 0 saturated carbocycles. The van der Waals surface area contributed by atoms with E-state index < -0.39 is 0 Å². The van der Waals surface area contributed by atoms with Crippen LogP contribution in [-0.4, -0.2) is 57.8 Å². The number of ether oxygens (including phenoxy) is 1. The first-order chi connectivity index (χ1) is 16.7. The van der Waals surface area contributed by atoms with Gasteiger partial charge in [0.15, 0.2) is 11.5 Å². The van der Waals surface area contributed by atoms with E-state index in [-0.39, 0.29) is 24.0 Å². The number of hydrogen-bond acceptors (Lipinski definition) is 7. The van der Waals surface area contributed by atoms with Crippen molar-refractivity contribution in [1.82, 2.24) is 24.8 Å². The van der Waals surface area contributed by atoms with Crippen molar-refractivity contribution >= 4 is 34.5 Å². The number of benzene rings is 1. The van der Waals surface area contributed by atoms with E-state index in [1.54, 1.807) is 6.33 Å². The van der Waals surface area contributed by atoms with E-state index in [0.29, 0.717) is 18.1 Å². The first-order valence-electron chi connectivity index (χ1n) is 12.4. The molecule has 1 saturated heterocycles. The van der Waals surface area contributed by atoms with E-state index in [4.69, 9.17) is 14.7 Å². The zero-order valence-corrected chi connectivity index (χ0v) is 21.7. The molecule has 4 rings (SSSR count). The molecule has 9 nitrogen and oxygen atoms in total. The maximum atomic E-state index is 11.7. The number of aryl methyl sites for hydroxylation is 2. The lowest BCUT2D eigenvalue weighted by molar-refractivity contribution is -0.128. The summed E-state index contributed by atoms with van der Waals surface area (Å²) in [4.78, 5) is 28.1. The molecule has 0 spiro atoms. The first kappa shape index (κ1) is 24.9. The summed E-state index contributed by atoms with van der Waals surface area (Å²) in [6.45, 7) is 12.9. The van der Waals surface area contributed by atoms with Crippen LogP contribution in [-0.2, 0) is 22.0 Å². The third-order valence-electron chi connectivity index (χ3n) is 6.47. The van der Waals surface area contributed by atoms with Gasteiger partial charge in [-0.3, -0.25) is 4.79 Å². The minimum atomic E-state index is -0.0691. The summed E-state index contributed by atoms with van der Waals surface area (Å²) in [5.41, 5.74) is 5.03. The topological polar surface area (TPSA) is 97.2 Å². The van der Waals surface area contributed by atoms with Crippen LogP contribution in [0.1, 0.15) is 51.7 Å². The molecule has 1 aliphatic rings. The predicted octanol–water partition coefficient (Wildman–Crippen LogP) is 3.83. The fourth-order valence-electron chi connectivity index (χ4n) is 4.29. The van der Waals surface area contributed by atoms with Gasteiger partial charge in [-0.05, 0) is 49.3 Å². The van der Waals surface area contributed by atoms with E-state index >= 15 is 0 Å². The van der Waals surface area contributed by atoms with Crippen molar-refractivity contribution < 1.29 is 9.53 Å². The van der Waals surface area contributed by atoms with Gasteiger partial charge >= 0.3 is 0 Å². The summed E-state index contributed by atoms with van der Waals surface area (Å²) in [7, 11) is 1.96. The van der Waals surface area contributed by atoms with Gasteiger partial charge in [0, 0.05) is 32.4 Å². The number of amides is 1. The molecule has 2 aromatic heterocycles. The van der Waals surface area contributed by atoms with E-state index in [2.05, 4.69) is 66.4 Å². The number of aromatic nitrogens is 4. The molecule has 2 N–H and O–H groups in total. The van der Waals surface area contributed by atoms with Crippen molar-refractivity contribution in [1.29, 1.82) is 0 Å². The fraction of sp³-hybridized carbons (Fsp3) is 0.538. The Morgan fingerprint density at radius 1 is 1.20 bits per heavy atom. The number of nitrogens with one attached hydrogen (secondary N) is 2. The number of rotatable bonds is 7. The van der Waals surface area contributed by atoms with Gasteiger partial charge in [0.05, 0.1) is 12.4 Å². The number of fused-ring (bicyclic) bond motifs is 1. The highest BCUT2D eigenvalue weighted by molar-refractivity contribution is 5.87. The van der Waals surface area contributed by atoms with Gasteiger partial charge in [-0.25, -0.2) is 4.98 Å². The molecule has 0 aliphatic carbocycles. The van der Waals surface area contributed by atoms with Gasteiger partial charge in [0.1, 0.15) is 12.1 Å². The maximum Gasteiger partial charge on any atom is 0.246 e. The smallest absolute Gasteiger partial charge is 0.246 e. The lowest BCUT2D eigenvalue weighted by Gasteiger charge is -2.32. The minimum Gasteiger partial charge on any atom is -0.368 e. The van der Waals surface area contributed by atoms with Crippen molar-refractivity contribution in [2.45, 2.75) is 59.0 Å². The molecule has 9 heteroatoms. The fourth-order valence-corrected chi connectivity index (χ4v) is 4.29. The Hall–Kier alpha value is -3.20. The average molecular weight is 480 g/mol. The number of likely N-dealkylation sites (N-methyl/N-ethyl adjacent to an activating group) is 1. The zero-order chi connectivity index (χ0) is 25.2. The van der Waals surface area contributed by atoms with Crippen LogP contribution in [0.5, 0.6) is 0 Å². The zero-order valence-electron chi connectivity index (χ0n) is 21.7. The Morgan fingerprint density at radius 2 is 1.94 bits per heavy atom. The minimum absolute atomic E-state index is 0.0481. The summed E-state index contributed by atoms with van der Waals surface area (Å²) < 4.78 is 7.75. The quantitative estimate of drug-likeness (QED) is 0.531. The molecular formula is C26H37N7O2. The number of anilines is 3. The molecule has 0 radical (unpaired) electrons. The summed E-state index contributed by atoms with van der Waals surface area (Å²) >= 11 is 0. The van der Waals surface area contributed by atoms with E-state index in [9.17, 15) is 4.79 Å². The second-order valence-electron chi connectivity index (χ2n) is 10.3. The predicted molar refractivity (Wildman–Crippen MR) is 139 cm³/mol. The molecule has 3 aromatic rings. The second-order valence-corrected chi connectivity index (χ2v) is 10.3. The SMILES string of the molecule is CCNC(=O)COC1CCN(c2nc(Nc3cc(C(C)(C)C)ccc3C)c3c(ncn3C)n2)CC1. The molecule has 1 aliphatic heterocycles. The van der Waals surface area contributed by atoms with Crippen LogP contribution in [0.2, 0.25) is 0 Å². The van der Waals surface area contributed by atoms with Crippen LogP contribution >= 0.6 is 0 Å². The van der Waals surface area contributed by atoms with Crippen LogP contribution in [0.15, 0.2) is 24.5 Å². The molecule has 188 valence electrons. The number of hydrogen-bond donors (Lipinski definition) is 2. The highest BCUT2D eigenvalue weighted by atomic mass is 16.5. The molecule has 1 aromatic carbocycles. The Balaban J connectivity index is 1.55. The highest BCUT2D eigenvalue weighted by Crippen LogP contribution is 2.31. The van der Waals surface area contributed by atoms with Gasteiger partial charge < -0.3 is 24.8 Å². The summed E-state index contributed by atoms with van der Waals surface area (Å²) in [6.07, 6.45) is 3.47. The third kappa shape index (κ3) is 5.73. The lowest BCUT2D eigenvalue weighted by Crippen LogP contribution is -2.39. The Bertz CT molecular complexity index is 1190. The van der Waals surface area contributed by atoms with Gasteiger partial charge in [0.2, 0.25) is 11.9 Å². The highest BCUT2D eigenvalue weighted by Gasteiger charge is 2.24. The molecule has 3 heterocycles. The summed E-state index contributed by atoms with van der Waals surface area (Å²) in [6, 6.07) is 6.54. The van der Waals surface area contributed by atoms with Gasteiger partial charge in [-0.15, -0.1) is 0 Å². The van der Waals surface area contributed by atoms with Crippen LogP contribution < -0.4 is 15.5 Å². The molecular weight excluding hydrogens is 442 g/mol. The number of carbonyl (C=O) groups is 1. The summed E-state index contributed by atoms with van der Waals surface area (Å²) in [5, 5.41) is 6.35. The summed E-state index contributed by atoms with van der Waals surface area (Å²) in [5.74, 6) is 1.33. The van der Waals surface area contributed by atoms with Crippen molar-refractivity contribution in [2.75, 3.05) is 36.5 Å². The van der Waals surface area contributed by atoms with Crippen molar-refractivity contribution in [2.24, 2.45) is 7.05 Å². The van der Waals surface area contributed by atoms with Gasteiger partial charge in [-0.2, -0.15) is 9.97 Å². The van der Waals surface area contributed by atoms with Crippen LogP contribution in [0.4, 0.5) is 17.5 Å². The van der Waals surface area contributed by atoms with E-state index in [1.165, 1.54) is 5.56 Å². The number of imidazole rings is 1. The van der Waals surface area contributed by atoms with Crippen molar-refractivity contribution in [3.05, 3.63) is 35.7 Å². The Labute approximate surface area is 207 Å². The first-order valence-corrected chi connectivity index (χ1v) is 12.4. The lowest BCUT2D eigenvalue weighted by atomic mass is 9.86. The third-order valence-corrected chi connectivity index (χ3v) is 6.47. The van der Waals surface area contributed by atoms with Crippen molar-refractivity contribution in [3.63, 3.8) is 0 Å². The maximum absolute atomic E-state index is 11.7. The molecule has 1 fully saturated rings. The van der Waals surface area contributed by atoms with E-state index in [1.807, 2.05) is 18.5 Å². The molecule has 0 unspecified atom stereocenters. The van der Waals surface area contributed by atoms with Gasteiger partial charge in [-0.1, -0.05) is 32.9 Å².